The number of amides is 1. The van der Waals surface area contributed by atoms with Gasteiger partial charge < -0.3 is 16.2 Å². The largest absolute Gasteiger partial charge is 0.480 e. The summed E-state index contributed by atoms with van der Waals surface area (Å²) >= 11 is 0. The number of para-hydroxylation sites is 1. The predicted molar refractivity (Wildman–Crippen MR) is 75.6 cm³/mol. The summed E-state index contributed by atoms with van der Waals surface area (Å²) in [5.74, 6) is -1.22. The molecule has 1 amide bonds. The van der Waals surface area contributed by atoms with Crippen LogP contribution < -0.4 is 11.1 Å². The fourth-order valence-corrected chi connectivity index (χ4v) is 1.97. The molecule has 1 unspecified atom stereocenters. The first-order valence-electron chi connectivity index (χ1n) is 6.22. The van der Waals surface area contributed by atoms with E-state index in [1.165, 1.54) is 6.07 Å². The Hall–Kier alpha value is -2.63. The highest BCUT2D eigenvalue weighted by atomic mass is 16.4. The maximum atomic E-state index is 11.5. The number of benzene rings is 1. The molecular formula is C14H15N3O3. The van der Waals surface area contributed by atoms with Gasteiger partial charge in [-0.05, 0) is 18.6 Å². The summed E-state index contributed by atoms with van der Waals surface area (Å²) in [5, 5.41) is 12.5. The van der Waals surface area contributed by atoms with Crippen molar-refractivity contribution in [3.8, 4) is 0 Å². The third-order valence-electron chi connectivity index (χ3n) is 3.01. The second-order valence-corrected chi connectivity index (χ2v) is 4.38. The molecule has 1 aromatic heterocycles. The first-order valence-corrected chi connectivity index (χ1v) is 6.22. The van der Waals surface area contributed by atoms with Crippen LogP contribution in [0.15, 0.2) is 30.3 Å². The fourth-order valence-electron chi connectivity index (χ4n) is 1.97. The van der Waals surface area contributed by atoms with Crippen molar-refractivity contribution in [3.05, 3.63) is 35.9 Å². The zero-order valence-electron chi connectivity index (χ0n) is 11.0. The number of carbonyl (C=O) groups is 2. The molecule has 0 aliphatic carbocycles. The van der Waals surface area contributed by atoms with Gasteiger partial charge in [-0.15, -0.1) is 0 Å². The predicted octanol–water partition coefficient (Wildman–Crippen LogP) is 1.61. The maximum absolute atomic E-state index is 11.5. The van der Waals surface area contributed by atoms with Crippen molar-refractivity contribution in [1.29, 1.82) is 0 Å². The number of anilines is 1. The molecule has 0 radical (unpaired) electrons. The van der Waals surface area contributed by atoms with Crippen molar-refractivity contribution < 1.29 is 14.7 Å². The molecule has 0 saturated heterocycles. The third-order valence-corrected chi connectivity index (χ3v) is 3.01. The maximum Gasteiger partial charge on any atom is 0.326 e. The SMILES string of the molecule is CCC(Nc1cc(C(N)=O)c2ccccc2n1)C(=O)O. The Morgan fingerprint density at radius 2 is 2.10 bits per heavy atom. The van der Waals surface area contributed by atoms with Gasteiger partial charge in [-0.3, -0.25) is 4.79 Å². The summed E-state index contributed by atoms with van der Waals surface area (Å²) in [7, 11) is 0. The van der Waals surface area contributed by atoms with Crippen LogP contribution in [0.1, 0.15) is 23.7 Å². The van der Waals surface area contributed by atoms with Gasteiger partial charge in [0.25, 0.3) is 0 Å². The number of primary amides is 1. The van der Waals surface area contributed by atoms with Gasteiger partial charge in [0.2, 0.25) is 5.91 Å². The smallest absolute Gasteiger partial charge is 0.326 e. The van der Waals surface area contributed by atoms with Gasteiger partial charge in [0.15, 0.2) is 0 Å². The second kappa shape index (κ2) is 5.56. The average Bonchev–Trinajstić information content (AvgIpc) is 2.43. The molecule has 6 nitrogen and oxygen atoms in total. The normalized spacial score (nSPS) is 12.1. The number of hydrogen-bond acceptors (Lipinski definition) is 4. The molecular weight excluding hydrogens is 258 g/mol. The molecule has 1 heterocycles. The Balaban J connectivity index is 2.50. The highest BCUT2D eigenvalue weighted by Crippen LogP contribution is 2.21. The average molecular weight is 273 g/mol. The molecule has 0 aliphatic heterocycles. The summed E-state index contributed by atoms with van der Waals surface area (Å²) in [5.41, 5.74) is 6.27. The lowest BCUT2D eigenvalue weighted by Crippen LogP contribution is -2.29. The van der Waals surface area contributed by atoms with E-state index in [2.05, 4.69) is 10.3 Å². The zero-order chi connectivity index (χ0) is 14.7. The summed E-state index contributed by atoms with van der Waals surface area (Å²) in [4.78, 5) is 26.8. The Morgan fingerprint density at radius 1 is 1.40 bits per heavy atom. The van der Waals surface area contributed by atoms with Gasteiger partial charge in [0, 0.05) is 5.39 Å². The van der Waals surface area contributed by atoms with E-state index in [4.69, 9.17) is 10.8 Å². The van der Waals surface area contributed by atoms with Gasteiger partial charge in [0.1, 0.15) is 11.9 Å². The lowest BCUT2D eigenvalue weighted by Gasteiger charge is -2.14. The molecule has 1 aromatic carbocycles. The molecule has 0 saturated carbocycles. The van der Waals surface area contributed by atoms with Gasteiger partial charge in [0.05, 0.1) is 11.1 Å². The summed E-state index contributed by atoms with van der Waals surface area (Å²) < 4.78 is 0. The lowest BCUT2D eigenvalue weighted by molar-refractivity contribution is -0.137. The molecule has 4 N–H and O–H groups in total. The molecule has 0 spiro atoms. The first-order chi connectivity index (χ1) is 9.52. The number of nitrogens with two attached hydrogens (primary N) is 1. The minimum absolute atomic E-state index is 0.318. The zero-order valence-corrected chi connectivity index (χ0v) is 11.0. The number of aromatic nitrogens is 1. The van der Waals surface area contributed by atoms with Crippen LogP contribution in [0.3, 0.4) is 0 Å². The summed E-state index contributed by atoms with van der Waals surface area (Å²) in [6.07, 6.45) is 0.399. The van der Waals surface area contributed by atoms with E-state index in [0.717, 1.165) is 0 Å². The molecule has 20 heavy (non-hydrogen) atoms. The minimum atomic E-state index is -0.969. The molecule has 6 heteroatoms. The van der Waals surface area contributed by atoms with Crippen LogP contribution in [0.25, 0.3) is 10.9 Å². The molecule has 2 aromatic rings. The number of nitrogens with zero attached hydrogens (tertiary/aromatic N) is 1. The van der Waals surface area contributed by atoms with E-state index in [9.17, 15) is 9.59 Å². The van der Waals surface area contributed by atoms with Gasteiger partial charge in [-0.25, -0.2) is 9.78 Å². The molecule has 0 bridgehead atoms. The van der Waals surface area contributed by atoms with Crippen LogP contribution in [0.2, 0.25) is 0 Å². The van der Waals surface area contributed by atoms with Crippen molar-refractivity contribution in [2.24, 2.45) is 5.73 Å². The van der Waals surface area contributed by atoms with Crippen LogP contribution in [-0.2, 0) is 4.79 Å². The Morgan fingerprint density at radius 3 is 2.70 bits per heavy atom. The van der Waals surface area contributed by atoms with Crippen LogP contribution in [0.4, 0.5) is 5.82 Å². The van der Waals surface area contributed by atoms with Crippen molar-refractivity contribution >= 4 is 28.6 Å². The monoisotopic (exact) mass is 273 g/mol. The Bertz CT molecular complexity index is 670. The van der Waals surface area contributed by atoms with E-state index in [1.54, 1.807) is 31.2 Å². The summed E-state index contributed by atoms with van der Waals surface area (Å²) in [6.45, 7) is 1.75. The van der Waals surface area contributed by atoms with Crippen LogP contribution in [-0.4, -0.2) is 28.0 Å². The number of hydrogen-bond donors (Lipinski definition) is 3. The molecule has 0 fully saturated rings. The van der Waals surface area contributed by atoms with Gasteiger partial charge in [-0.1, -0.05) is 25.1 Å². The van der Waals surface area contributed by atoms with E-state index < -0.39 is 17.9 Å². The van der Waals surface area contributed by atoms with Crippen molar-refractivity contribution in [2.75, 3.05) is 5.32 Å². The number of carbonyl (C=O) groups excluding carboxylic acids is 1. The standard InChI is InChI=1S/C14H15N3O3/c1-2-10(14(19)20)16-12-7-9(13(15)18)8-5-3-4-6-11(8)17-12/h3-7,10H,2H2,1H3,(H2,15,18)(H,16,17)(H,19,20). The van der Waals surface area contributed by atoms with Crippen LogP contribution in [0, 0.1) is 0 Å². The molecule has 104 valence electrons. The van der Waals surface area contributed by atoms with E-state index in [-0.39, 0.29) is 0 Å². The minimum Gasteiger partial charge on any atom is -0.480 e. The van der Waals surface area contributed by atoms with Crippen molar-refractivity contribution in [3.63, 3.8) is 0 Å². The van der Waals surface area contributed by atoms with Gasteiger partial charge >= 0.3 is 5.97 Å². The highest BCUT2D eigenvalue weighted by molar-refractivity contribution is 6.06. The van der Waals surface area contributed by atoms with Crippen molar-refractivity contribution in [1.82, 2.24) is 4.98 Å². The topological polar surface area (TPSA) is 105 Å². The Kier molecular flexibility index (Phi) is 3.84. The fraction of sp³-hybridized carbons (Fsp3) is 0.214. The van der Waals surface area contributed by atoms with Crippen LogP contribution >= 0.6 is 0 Å². The number of nitrogens with one attached hydrogen (secondary N) is 1. The molecule has 1 atom stereocenters. The number of fused-ring (bicyclic) bond motifs is 1. The van der Waals surface area contributed by atoms with E-state index in [0.29, 0.717) is 28.7 Å². The molecule has 0 aliphatic rings. The van der Waals surface area contributed by atoms with Crippen molar-refractivity contribution in [2.45, 2.75) is 19.4 Å². The highest BCUT2D eigenvalue weighted by Gasteiger charge is 2.17. The van der Waals surface area contributed by atoms with Gasteiger partial charge in [-0.2, -0.15) is 0 Å². The first kappa shape index (κ1) is 13.8. The lowest BCUT2D eigenvalue weighted by atomic mass is 10.1. The second-order valence-electron chi connectivity index (χ2n) is 4.38. The summed E-state index contributed by atoms with van der Waals surface area (Å²) in [6, 6.07) is 7.80. The molecule has 2 rings (SSSR count). The quantitative estimate of drug-likeness (QED) is 0.767. The van der Waals surface area contributed by atoms with E-state index >= 15 is 0 Å². The van der Waals surface area contributed by atoms with E-state index in [1.807, 2.05) is 0 Å². The number of pyridine rings is 1. The Labute approximate surface area is 115 Å². The third kappa shape index (κ3) is 2.69. The van der Waals surface area contributed by atoms with Crippen LogP contribution in [0.5, 0.6) is 0 Å². The number of rotatable bonds is 5. The number of aliphatic carboxylic acids is 1. The number of carboxylic acids is 1. The number of carboxylic acid groups (broad SMARTS) is 1.